The van der Waals surface area contributed by atoms with Crippen LogP contribution in [0.15, 0.2) is 12.3 Å². The van der Waals surface area contributed by atoms with Gasteiger partial charge in [-0.2, -0.15) is 0 Å². The summed E-state index contributed by atoms with van der Waals surface area (Å²) in [6, 6.07) is 1.99. The monoisotopic (exact) mass is 323 g/mol. The number of hydrogen-bond donors (Lipinski definition) is 1. The number of nitrogens with one attached hydrogen (secondary N) is 1. The Morgan fingerprint density at radius 3 is 2.90 bits per heavy atom. The number of aryl methyl sites for hydroxylation is 1. The van der Waals surface area contributed by atoms with Crippen molar-refractivity contribution >= 4 is 33.9 Å². The maximum Gasteiger partial charge on any atom is 0.199 e. The van der Waals surface area contributed by atoms with Crippen LogP contribution in [0, 0.1) is 0 Å². The van der Waals surface area contributed by atoms with Crippen molar-refractivity contribution < 1.29 is 4.74 Å². The normalized spacial score (nSPS) is 14.5. The number of halogens is 1. The van der Waals surface area contributed by atoms with Crippen molar-refractivity contribution in [2.45, 2.75) is 39.0 Å². The molecule has 0 bridgehead atoms. The highest BCUT2D eigenvalue weighted by Crippen LogP contribution is 2.36. The Morgan fingerprint density at radius 2 is 2.19 bits per heavy atom. The van der Waals surface area contributed by atoms with E-state index in [4.69, 9.17) is 16.3 Å². The molecule has 0 aliphatic carbocycles. The summed E-state index contributed by atoms with van der Waals surface area (Å²) in [6.07, 6.45) is 3.70. The van der Waals surface area contributed by atoms with Gasteiger partial charge in [0.15, 0.2) is 10.2 Å². The number of thiazole rings is 1. The molecule has 0 saturated carbocycles. The van der Waals surface area contributed by atoms with Gasteiger partial charge < -0.3 is 10.1 Å². The van der Waals surface area contributed by atoms with Crippen molar-refractivity contribution in [3.63, 3.8) is 0 Å². The minimum atomic E-state index is -0.0261. The van der Waals surface area contributed by atoms with Gasteiger partial charge in [0.25, 0.3) is 0 Å². The van der Waals surface area contributed by atoms with Crippen molar-refractivity contribution in [3.05, 3.63) is 28.5 Å². The zero-order valence-electron chi connectivity index (χ0n) is 12.4. The van der Waals surface area contributed by atoms with Gasteiger partial charge in [-0.25, -0.2) is 9.97 Å². The first kappa shape index (κ1) is 14.6. The van der Waals surface area contributed by atoms with Crippen LogP contribution >= 0.6 is 22.9 Å². The maximum atomic E-state index is 6.24. The van der Waals surface area contributed by atoms with Crippen molar-refractivity contribution in [1.82, 2.24) is 9.97 Å². The fraction of sp³-hybridized carbons (Fsp3) is 0.467. The van der Waals surface area contributed by atoms with Crippen LogP contribution in [0.4, 0.5) is 10.9 Å². The first-order chi connectivity index (χ1) is 9.93. The average molecular weight is 324 g/mol. The third-order valence-electron chi connectivity index (χ3n) is 3.35. The summed E-state index contributed by atoms with van der Waals surface area (Å²) in [5.74, 6) is 0.760. The van der Waals surface area contributed by atoms with E-state index in [9.17, 15) is 0 Å². The number of ether oxygens (including phenoxy) is 1. The largest absolute Gasteiger partial charge is 0.482 e. The van der Waals surface area contributed by atoms with Crippen molar-refractivity contribution in [1.29, 1.82) is 0 Å². The van der Waals surface area contributed by atoms with Gasteiger partial charge in [-0.15, -0.1) is 0 Å². The van der Waals surface area contributed by atoms with Gasteiger partial charge in [-0.3, -0.25) is 0 Å². The summed E-state index contributed by atoms with van der Waals surface area (Å²) >= 11 is 7.77. The quantitative estimate of drug-likeness (QED) is 0.880. The third-order valence-corrected chi connectivity index (χ3v) is 4.58. The van der Waals surface area contributed by atoms with Crippen molar-refractivity contribution in [3.8, 4) is 5.06 Å². The second-order valence-corrected chi connectivity index (χ2v) is 7.50. The van der Waals surface area contributed by atoms with Crippen LogP contribution in [0.1, 0.15) is 38.4 Å². The molecule has 21 heavy (non-hydrogen) atoms. The standard InChI is InChI=1S/C15H18ClN3OS/c1-15(2,3)9-7-12(17-8-10(9)16)19-14-18-11-5-4-6-20-13(11)21-14/h7-8H,4-6H2,1-3H3,(H,17,18,19). The third kappa shape index (κ3) is 3.14. The fourth-order valence-electron chi connectivity index (χ4n) is 2.26. The number of nitrogens with zero attached hydrogens (tertiary/aromatic N) is 2. The summed E-state index contributed by atoms with van der Waals surface area (Å²) in [5.41, 5.74) is 2.08. The van der Waals surface area contributed by atoms with Gasteiger partial charge in [0.05, 0.1) is 17.3 Å². The van der Waals surface area contributed by atoms with Crippen molar-refractivity contribution in [2.24, 2.45) is 0 Å². The molecule has 1 N–H and O–H groups in total. The lowest BCUT2D eigenvalue weighted by Crippen LogP contribution is -2.12. The van der Waals surface area contributed by atoms with Gasteiger partial charge in [0.2, 0.25) is 0 Å². The highest BCUT2D eigenvalue weighted by Gasteiger charge is 2.20. The van der Waals surface area contributed by atoms with E-state index in [2.05, 4.69) is 36.1 Å². The zero-order valence-corrected chi connectivity index (χ0v) is 13.9. The van der Waals surface area contributed by atoms with Gasteiger partial charge in [0.1, 0.15) is 5.82 Å². The molecule has 1 aliphatic heterocycles. The number of rotatable bonds is 2. The second-order valence-electron chi connectivity index (χ2n) is 6.13. The number of fused-ring (bicyclic) bond motifs is 1. The van der Waals surface area contributed by atoms with E-state index >= 15 is 0 Å². The summed E-state index contributed by atoms with van der Waals surface area (Å²) in [4.78, 5) is 8.91. The topological polar surface area (TPSA) is 47.0 Å². The molecule has 1 aliphatic rings. The Hall–Kier alpha value is -1.33. The average Bonchev–Trinajstić information content (AvgIpc) is 2.82. The molecule has 0 unspecified atom stereocenters. The molecule has 3 heterocycles. The molecule has 4 nitrogen and oxygen atoms in total. The summed E-state index contributed by atoms with van der Waals surface area (Å²) < 4.78 is 5.61. The highest BCUT2D eigenvalue weighted by atomic mass is 35.5. The van der Waals surface area contributed by atoms with E-state index in [0.29, 0.717) is 5.02 Å². The number of hydrogen-bond acceptors (Lipinski definition) is 5. The van der Waals surface area contributed by atoms with Crippen LogP contribution in [-0.4, -0.2) is 16.6 Å². The van der Waals surface area contributed by atoms with Crippen LogP contribution in [0.2, 0.25) is 5.02 Å². The molecular formula is C15H18ClN3OS. The molecule has 2 aromatic rings. The molecule has 0 amide bonds. The summed E-state index contributed by atoms with van der Waals surface area (Å²) in [5, 5.41) is 5.69. The van der Waals surface area contributed by atoms with Crippen LogP contribution in [0.3, 0.4) is 0 Å². The van der Waals surface area contributed by atoms with E-state index < -0.39 is 0 Å². The molecule has 0 atom stereocenters. The van der Waals surface area contributed by atoms with Gasteiger partial charge in [-0.1, -0.05) is 43.7 Å². The van der Waals surface area contributed by atoms with Crippen molar-refractivity contribution in [2.75, 3.05) is 11.9 Å². The first-order valence-corrected chi connectivity index (χ1v) is 8.18. The molecule has 112 valence electrons. The molecular weight excluding hydrogens is 306 g/mol. The lowest BCUT2D eigenvalue weighted by molar-refractivity contribution is 0.295. The first-order valence-electron chi connectivity index (χ1n) is 6.99. The summed E-state index contributed by atoms with van der Waals surface area (Å²) in [7, 11) is 0. The molecule has 0 fully saturated rings. The predicted molar refractivity (Wildman–Crippen MR) is 87.2 cm³/mol. The summed E-state index contributed by atoms with van der Waals surface area (Å²) in [6.45, 7) is 7.18. The fourth-order valence-corrected chi connectivity index (χ4v) is 3.54. The number of anilines is 2. The molecule has 0 saturated heterocycles. The number of aromatic nitrogens is 2. The van der Waals surface area contributed by atoms with Gasteiger partial charge >= 0.3 is 0 Å². The SMILES string of the molecule is CC(C)(C)c1cc(Nc2nc3c(s2)OCCC3)ncc1Cl. The smallest absolute Gasteiger partial charge is 0.199 e. The Morgan fingerprint density at radius 1 is 1.38 bits per heavy atom. The Bertz CT molecular complexity index is 640. The van der Waals surface area contributed by atoms with E-state index in [1.54, 1.807) is 6.20 Å². The molecule has 0 spiro atoms. The van der Waals surface area contributed by atoms with Crippen LogP contribution in [0.5, 0.6) is 5.06 Å². The maximum absolute atomic E-state index is 6.24. The Labute approximate surface area is 133 Å². The second kappa shape index (κ2) is 5.46. The van der Waals surface area contributed by atoms with Gasteiger partial charge in [-0.05, 0) is 29.9 Å². The lowest BCUT2D eigenvalue weighted by atomic mass is 9.87. The van der Waals surface area contributed by atoms with E-state index in [0.717, 1.165) is 46.7 Å². The van der Waals surface area contributed by atoms with E-state index in [-0.39, 0.29) is 5.41 Å². The number of pyridine rings is 1. The van der Waals surface area contributed by atoms with E-state index in [1.807, 2.05) is 6.07 Å². The van der Waals surface area contributed by atoms with E-state index in [1.165, 1.54) is 11.3 Å². The van der Waals surface area contributed by atoms with Crippen LogP contribution < -0.4 is 10.1 Å². The minimum absolute atomic E-state index is 0.0261. The zero-order chi connectivity index (χ0) is 15.0. The Kier molecular flexibility index (Phi) is 3.80. The van der Waals surface area contributed by atoms with Crippen LogP contribution in [0.25, 0.3) is 0 Å². The Balaban J connectivity index is 1.86. The minimum Gasteiger partial charge on any atom is -0.482 e. The highest BCUT2D eigenvalue weighted by molar-refractivity contribution is 7.17. The van der Waals surface area contributed by atoms with Crippen LogP contribution in [-0.2, 0) is 11.8 Å². The van der Waals surface area contributed by atoms with Gasteiger partial charge in [0, 0.05) is 6.20 Å². The molecule has 0 aromatic carbocycles. The lowest BCUT2D eigenvalue weighted by Gasteiger charge is -2.21. The molecule has 2 aromatic heterocycles. The molecule has 6 heteroatoms. The molecule has 3 rings (SSSR count). The predicted octanol–water partition coefficient (Wildman–Crippen LogP) is 4.56. The molecule has 0 radical (unpaired) electrons.